The van der Waals surface area contributed by atoms with Crippen LogP contribution in [0, 0.1) is 0 Å². The fraction of sp³-hybridized carbons (Fsp3) is 1.00. The molecule has 0 aliphatic carbocycles. The van der Waals surface area contributed by atoms with Gasteiger partial charge < -0.3 is 14.6 Å². The third-order valence-corrected chi connectivity index (χ3v) is 0.838. The van der Waals surface area contributed by atoms with Crippen LogP contribution >= 0.6 is 11.6 Å². The van der Waals surface area contributed by atoms with Gasteiger partial charge in [-0.05, 0) is 0 Å². The van der Waals surface area contributed by atoms with Crippen LogP contribution < -0.4 is 0 Å². The molecule has 0 bridgehead atoms. The summed E-state index contributed by atoms with van der Waals surface area (Å²) in [6.07, 6.45) is 0. The Morgan fingerprint density at radius 2 is 2.10 bits per heavy atom. The first-order valence-corrected chi connectivity index (χ1v) is 3.31. The molecule has 0 aromatic heterocycles. The van der Waals surface area contributed by atoms with Crippen molar-refractivity contribution in [1.82, 2.24) is 0 Å². The number of rotatable bonds is 6. The fourth-order valence-corrected chi connectivity index (χ4v) is 0.455. The van der Waals surface area contributed by atoms with Crippen molar-refractivity contribution in [3.63, 3.8) is 0 Å². The Bertz CT molecular complexity index is 68.7. The molecule has 0 saturated carbocycles. The Kier molecular flexibility index (Phi) is 7.33. The summed E-state index contributed by atoms with van der Waals surface area (Å²) in [5.41, 5.74) is 0. The molecular weight excluding hydrogens is 160 g/mol. The Labute approximate surface area is 64.3 Å². The summed E-state index contributed by atoms with van der Waals surface area (Å²) in [6.45, 7) is 0.681. The molecule has 0 amide bonds. The van der Waals surface area contributed by atoms with Crippen molar-refractivity contribution in [2.24, 2.45) is 0 Å². The van der Waals surface area contributed by atoms with Gasteiger partial charge in [-0.1, -0.05) is 11.6 Å². The van der Waals surface area contributed by atoms with Crippen molar-refractivity contribution in [3.8, 4) is 0 Å². The summed E-state index contributed by atoms with van der Waals surface area (Å²) in [7, 11) is 0. The zero-order valence-corrected chi connectivity index (χ0v) is 6.21. The van der Waals surface area contributed by atoms with E-state index in [4.69, 9.17) is 21.4 Å². The largest absolute Gasteiger partial charge is 0.394 e. The van der Waals surface area contributed by atoms with Gasteiger partial charge in [0.1, 0.15) is 0 Å². The molecule has 0 heterocycles. The van der Waals surface area contributed by atoms with Gasteiger partial charge in [0.05, 0.1) is 26.4 Å². The lowest BCUT2D eigenvalue weighted by atomic mass is 10.7. The van der Waals surface area contributed by atoms with Crippen LogP contribution in [0.2, 0.25) is 0 Å². The predicted octanol–water partition coefficient (Wildman–Crippen LogP) is -0.0352. The minimum Gasteiger partial charge on any atom is -0.394 e. The van der Waals surface area contributed by atoms with Crippen molar-refractivity contribution in [2.45, 2.75) is 5.75 Å². The second-order valence-corrected chi connectivity index (χ2v) is 1.84. The molecule has 1 atom stereocenters. The number of aliphatic hydroxyl groups excluding tert-OH is 1. The van der Waals surface area contributed by atoms with E-state index in [-0.39, 0.29) is 26.4 Å². The summed E-state index contributed by atoms with van der Waals surface area (Å²) in [4.78, 5) is 0. The second kappa shape index (κ2) is 7.24. The molecule has 61 valence electrons. The number of halogens is 1. The van der Waals surface area contributed by atoms with Crippen LogP contribution in [0.15, 0.2) is 0 Å². The van der Waals surface area contributed by atoms with Crippen LogP contribution in [0.1, 0.15) is 0 Å². The lowest BCUT2D eigenvalue weighted by molar-refractivity contribution is -0.0955. The molecule has 0 aliphatic heterocycles. The maximum absolute atomic E-state index is 10.00. The zero-order chi connectivity index (χ0) is 7.82. The van der Waals surface area contributed by atoms with Gasteiger partial charge in [0.2, 0.25) is 0 Å². The van der Waals surface area contributed by atoms with E-state index in [9.17, 15) is 5.11 Å². The second-order valence-electron chi connectivity index (χ2n) is 1.48. The summed E-state index contributed by atoms with van der Waals surface area (Å²) < 4.78 is 9.15. The molecule has 0 fully saturated rings. The van der Waals surface area contributed by atoms with Crippen LogP contribution in [0.25, 0.3) is 0 Å². The molecule has 0 spiro atoms. The smallest absolute Gasteiger partial charge is 0.268 e. The highest BCUT2D eigenvalue weighted by atomic mass is 35.5. The Balaban J connectivity index is 2.77. The van der Waals surface area contributed by atoms with Crippen LogP contribution in [0.5, 0.6) is 0 Å². The molecule has 0 rings (SSSR count). The average molecular weight is 170 g/mol. The molecule has 4 nitrogen and oxygen atoms in total. The maximum Gasteiger partial charge on any atom is 0.268 e. The topological polar surface area (TPSA) is 58.6 Å². The Hall–Kier alpha value is 0.130. The molecule has 1 N–H and O–H groups in total. The van der Waals surface area contributed by atoms with Crippen LogP contribution in [0.3, 0.4) is 0 Å². The quantitative estimate of drug-likeness (QED) is 0.345. The van der Waals surface area contributed by atoms with E-state index < -0.39 is 5.75 Å². The van der Waals surface area contributed by atoms with E-state index in [1.807, 2.05) is 0 Å². The SMILES string of the molecule is [O]C(Cl)OCCOCCO. The number of hydrogen-bond donors (Lipinski definition) is 1. The highest BCUT2D eigenvalue weighted by Gasteiger charge is 1.97. The van der Waals surface area contributed by atoms with Crippen LogP contribution in [-0.2, 0) is 14.6 Å². The molecule has 1 radical (unpaired) electrons. The maximum atomic E-state index is 10.00. The highest BCUT2D eigenvalue weighted by molar-refractivity contribution is 6.18. The van der Waals surface area contributed by atoms with Crippen molar-refractivity contribution in [2.75, 3.05) is 26.4 Å². The van der Waals surface area contributed by atoms with Gasteiger partial charge in [-0.3, -0.25) is 0 Å². The van der Waals surface area contributed by atoms with Crippen molar-refractivity contribution in [3.05, 3.63) is 0 Å². The van der Waals surface area contributed by atoms with Gasteiger partial charge in [0.25, 0.3) is 5.75 Å². The van der Waals surface area contributed by atoms with Gasteiger partial charge in [0.15, 0.2) is 0 Å². The van der Waals surface area contributed by atoms with E-state index in [1.165, 1.54) is 0 Å². The number of aliphatic hydroxyl groups is 1. The third-order valence-electron chi connectivity index (χ3n) is 0.712. The van der Waals surface area contributed by atoms with E-state index in [1.54, 1.807) is 0 Å². The van der Waals surface area contributed by atoms with Crippen LogP contribution in [0.4, 0.5) is 0 Å². The lowest BCUT2D eigenvalue weighted by Crippen LogP contribution is -2.10. The molecular formula is C5H10ClO4. The van der Waals surface area contributed by atoms with Crippen molar-refractivity contribution >= 4 is 11.6 Å². The molecule has 5 heteroatoms. The van der Waals surface area contributed by atoms with Crippen LogP contribution in [-0.4, -0.2) is 37.3 Å². The predicted molar refractivity (Wildman–Crippen MR) is 34.2 cm³/mol. The van der Waals surface area contributed by atoms with Gasteiger partial charge in [0, 0.05) is 0 Å². The van der Waals surface area contributed by atoms with Gasteiger partial charge in [-0.2, -0.15) is 5.11 Å². The number of hydrogen-bond acceptors (Lipinski definition) is 3. The number of alkyl halides is 1. The lowest BCUT2D eigenvalue weighted by Gasteiger charge is -2.02. The first kappa shape index (κ1) is 10.1. The van der Waals surface area contributed by atoms with E-state index in [0.717, 1.165) is 0 Å². The Morgan fingerprint density at radius 3 is 2.60 bits per heavy atom. The van der Waals surface area contributed by atoms with Gasteiger partial charge in [-0.15, -0.1) is 0 Å². The fourth-order valence-electron chi connectivity index (χ4n) is 0.366. The monoisotopic (exact) mass is 169 g/mol. The van der Waals surface area contributed by atoms with Crippen molar-refractivity contribution in [1.29, 1.82) is 0 Å². The van der Waals surface area contributed by atoms with E-state index in [0.29, 0.717) is 0 Å². The highest BCUT2D eigenvalue weighted by Crippen LogP contribution is 1.91. The van der Waals surface area contributed by atoms with Gasteiger partial charge in [-0.25, -0.2) is 0 Å². The summed E-state index contributed by atoms with van der Waals surface area (Å²) in [6, 6.07) is 0. The number of ether oxygens (including phenoxy) is 2. The minimum atomic E-state index is -1.52. The molecule has 0 aromatic rings. The van der Waals surface area contributed by atoms with E-state index in [2.05, 4.69) is 4.74 Å². The minimum absolute atomic E-state index is 0.0261. The normalized spacial score (nSPS) is 13.5. The standard InChI is InChI=1S/C5H10ClO4/c6-5(8)10-4-3-9-2-1-7/h5,7H,1-4H2. The Morgan fingerprint density at radius 1 is 1.40 bits per heavy atom. The zero-order valence-electron chi connectivity index (χ0n) is 5.46. The summed E-state index contributed by atoms with van der Waals surface area (Å²) in [5.74, 6) is -1.52. The molecule has 0 aromatic carbocycles. The molecule has 10 heavy (non-hydrogen) atoms. The molecule has 1 unspecified atom stereocenters. The molecule has 0 saturated heterocycles. The summed E-state index contributed by atoms with van der Waals surface area (Å²) >= 11 is 4.91. The van der Waals surface area contributed by atoms with Crippen molar-refractivity contribution < 1.29 is 19.7 Å². The first-order valence-electron chi connectivity index (χ1n) is 2.87. The first-order chi connectivity index (χ1) is 4.77. The summed E-state index contributed by atoms with van der Waals surface area (Å²) in [5, 5.41) is 18.2. The third kappa shape index (κ3) is 8.13. The molecule has 0 aliphatic rings. The van der Waals surface area contributed by atoms with Gasteiger partial charge >= 0.3 is 0 Å². The average Bonchev–Trinajstić information content (AvgIpc) is 1.87. The van der Waals surface area contributed by atoms with E-state index >= 15 is 0 Å².